The molecule has 158 valence electrons. The van der Waals surface area contributed by atoms with Gasteiger partial charge < -0.3 is 15.4 Å². The molecule has 0 aliphatic carbocycles. The Bertz CT molecular complexity index is 415. The molecule has 0 aromatic rings. The van der Waals surface area contributed by atoms with Crippen molar-refractivity contribution in [1.82, 2.24) is 20.4 Å². The van der Waals surface area contributed by atoms with E-state index in [1.54, 1.807) is 0 Å². The molecule has 0 spiro atoms. The topological polar surface area (TPSA) is 52.1 Å². The van der Waals surface area contributed by atoms with E-state index in [1.807, 2.05) is 7.05 Å². The summed E-state index contributed by atoms with van der Waals surface area (Å²) in [5.74, 6) is 2.17. The molecule has 0 amide bonds. The first-order valence-corrected chi connectivity index (χ1v) is 11.1. The molecule has 2 unspecified atom stereocenters. The standard InChI is InChI=1S/C21H43N5O/c1-18(2)20(26-9-7-5-6-8-10-26)16-24-21(22-4)23-15-19(3)17-25-11-13-27-14-12-25/h18-20H,5-17H2,1-4H3,(H2,22,23,24). The molecule has 2 heterocycles. The van der Waals surface area contributed by atoms with Gasteiger partial charge in [0.2, 0.25) is 0 Å². The van der Waals surface area contributed by atoms with Crippen molar-refractivity contribution in [2.24, 2.45) is 16.8 Å². The van der Waals surface area contributed by atoms with Gasteiger partial charge in [0.25, 0.3) is 0 Å². The summed E-state index contributed by atoms with van der Waals surface area (Å²) in [4.78, 5) is 9.64. The van der Waals surface area contributed by atoms with E-state index >= 15 is 0 Å². The van der Waals surface area contributed by atoms with E-state index in [0.29, 0.717) is 17.9 Å². The molecule has 0 saturated carbocycles. The predicted molar refractivity (Wildman–Crippen MR) is 114 cm³/mol. The largest absolute Gasteiger partial charge is 0.379 e. The first kappa shape index (κ1) is 22.4. The summed E-state index contributed by atoms with van der Waals surface area (Å²) in [6.45, 7) is 16.4. The summed E-state index contributed by atoms with van der Waals surface area (Å²) in [5, 5.41) is 7.12. The fraction of sp³-hybridized carbons (Fsp3) is 0.952. The lowest BCUT2D eigenvalue weighted by Gasteiger charge is -2.34. The molecule has 6 heteroatoms. The van der Waals surface area contributed by atoms with Crippen LogP contribution in [0.4, 0.5) is 0 Å². The Balaban J connectivity index is 1.73. The smallest absolute Gasteiger partial charge is 0.191 e. The van der Waals surface area contributed by atoms with E-state index in [4.69, 9.17) is 4.74 Å². The summed E-state index contributed by atoms with van der Waals surface area (Å²) in [6, 6.07) is 0.576. The number of ether oxygens (including phenoxy) is 1. The lowest BCUT2D eigenvalue weighted by molar-refractivity contribution is 0.0320. The molecule has 0 aromatic carbocycles. The lowest BCUT2D eigenvalue weighted by Crippen LogP contribution is -2.50. The van der Waals surface area contributed by atoms with Gasteiger partial charge in [0.1, 0.15) is 0 Å². The van der Waals surface area contributed by atoms with Gasteiger partial charge in [-0.15, -0.1) is 0 Å². The third-order valence-corrected chi connectivity index (χ3v) is 5.87. The van der Waals surface area contributed by atoms with E-state index < -0.39 is 0 Å². The van der Waals surface area contributed by atoms with E-state index in [1.165, 1.54) is 38.8 Å². The minimum absolute atomic E-state index is 0.576. The first-order chi connectivity index (χ1) is 13.1. The van der Waals surface area contributed by atoms with Crippen LogP contribution in [0, 0.1) is 11.8 Å². The van der Waals surface area contributed by atoms with Crippen LogP contribution in [0.3, 0.4) is 0 Å². The van der Waals surface area contributed by atoms with Crippen molar-refractivity contribution in [2.45, 2.75) is 52.5 Å². The number of rotatable bonds is 8. The third kappa shape index (κ3) is 8.36. The Kier molecular flexibility index (Phi) is 10.5. The SMILES string of the molecule is CN=C(NCC(C)CN1CCOCC1)NCC(C(C)C)N1CCCCCC1. The summed E-state index contributed by atoms with van der Waals surface area (Å²) in [6.07, 6.45) is 5.46. The number of hydrogen-bond acceptors (Lipinski definition) is 4. The van der Waals surface area contributed by atoms with Crippen LogP contribution in [0.15, 0.2) is 4.99 Å². The summed E-state index contributed by atoms with van der Waals surface area (Å²) in [5.41, 5.74) is 0. The molecule has 6 nitrogen and oxygen atoms in total. The number of aliphatic imine (C=N–C) groups is 1. The molecule has 2 atom stereocenters. The number of morpholine rings is 1. The van der Waals surface area contributed by atoms with Crippen molar-refractivity contribution >= 4 is 5.96 Å². The Morgan fingerprint density at radius 3 is 2.15 bits per heavy atom. The predicted octanol–water partition coefficient (Wildman–Crippen LogP) is 2.02. The summed E-state index contributed by atoms with van der Waals surface area (Å²) >= 11 is 0. The highest BCUT2D eigenvalue weighted by Crippen LogP contribution is 2.17. The van der Waals surface area contributed by atoms with Crippen LogP contribution < -0.4 is 10.6 Å². The normalized spacial score (nSPS) is 23.1. The van der Waals surface area contributed by atoms with Crippen molar-refractivity contribution in [1.29, 1.82) is 0 Å². The maximum Gasteiger partial charge on any atom is 0.191 e. The van der Waals surface area contributed by atoms with Crippen LogP contribution >= 0.6 is 0 Å². The quantitative estimate of drug-likeness (QED) is 0.498. The number of likely N-dealkylation sites (tertiary alicyclic amines) is 1. The third-order valence-electron chi connectivity index (χ3n) is 5.87. The van der Waals surface area contributed by atoms with Gasteiger partial charge in [0, 0.05) is 45.8 Å². The van der Waals surface area contributed by atoms with E-state index in [-0.39, 0.29) is 0 Å². The van der Waals surface area contributed by atoms with Crippen molar-refractivity contribution in [3.63, 3.8) is 0 Å². The number of guanidine groups is 1. The monoisotopic (exact) mass is 381 g/mol. The van der Waals surface area contributed by atoms with Gasteiger partial charge in [0.05, 0.1) is 13.2 Å². The number of nitrogens with zero attached hydrogens (tertiary/aromatic N) is 3. The lowest BCUT2D eigenvalue weighted by atomic mass is 10.0. The fourth-order valence-electron chi connectivity index (χ4n) is 4.20. The van der Waals surface area contributed by atoms with Crippen LogP contribution in [0.5, 0.6) is 0 Å². The van der Waals surface area contributed by atoms with E-state index in [0.717, 1.165) is 51.9 Å². The van der Waals surface area contributed by atoms with Crippen LogP contribution in [0.1, 0.15) is 46.5 Å². The maximum atomic E-state index is 5.44. The van der Waals surface area contributed by atoms with Crippen LogP contribution in [-0.4, -0.2) is 87.9 Å². The van der Waals surface area contributed by atoms with Crippen LogP contribution in [0.25, 0.3) is 0 Å². The minimum Gasteiger partial charge on any atom is -0.379 e. The average Bonchev–Trinajstić information content (AvgIpc) is 2.94. The average molecular weight is 382 g/mol. The molecular formula is C21H43N5O. The van der Waals surface area contributed by atoms with Crippen LogP contribution in [-0.2, 0) is 4.74 Å². The van der Waals surface area contributed by atoms with Crippen LogP contribution in [0.2, 0.25) is 0 Å². The summed E-state index contributed by atoms with van der Waals surface area (Å²) in [7, 11) is 1.87. The fourth-order valence-corrected chi connectivity index (χ4v) is 4.20. The zero-order valence-corrected chi connectivity index (χ0v) is 18.2. The van der Waals surface area contributed by atoms with Crippen molar-refractivity contribution in [2.75, 3.05) is 66.1 Å². The number of nitrogens with one attached hydrogen (secondary N) is 2. The molecular weight excluding hydrogens is 338 g/mol. The molecule has 2 fully saturated rings. The Morgan fingerprint density at radius 2 is 1.56 bits per heavy atom. The molecule has 0 bridgehead atoms. The van der Waals surface area contributed by atoms with Gasteiger partial charge in [-0.3, -0.25) is 14.8 Å². The number of hydrogen-bond donors (Lipinski definition) is 2. The maximum absolute atomic E-state index is 5.44. The molecule has 2 aliphatic heterocycles. The molecule has 0 radical (unpaired) electrons. The summed E-state index contributed by atoms with van der Waals surface area (Å²) < 4.78 is 5.44. The molecule has 2 N–H and O–H groups in total. The van der Waals surface area contributed by atoms with Crippen molar-refractivity contribution in [3.05, 3.63) is 0 Å². The van der Waals surface area contributed by atoms with Gasteiger partial charge in [-0.2, -0.15) is 0 Å². The Hall–Kier alpha value is -0.850. The Morgan fingerprint density at radius 1 is 0.926 bits per heavy atom. The Labute approximate surface area is 167 Å². The second-order valence-corrected chi connectivity index (χ2v) is 8.61. The zero-order chi connectivity index (χ0) is 19.5. The minimum atomic E-state index is 0.576. The second-order valence-electron chi connectivity index (χ2n) is 8.61. The van der Waals surface area contributed by atoms with Crippen molar-refractivity contribution in [3.8, 4) is 0 Å². The van der Waals surface area contributed by atoms with Gasteiger partial charge in [-0.1, -0.05) is 33.6 Å². The molecule has 2 saturated heterocycles. The van der Waals surface area contributed by atoms with Gasteiger partial charge in [0.15, 0.2) is 5.96 Å². The first-order valence-electron chi connectivity index (χ1n) is 11.1. The molecule has 2 aliphatic rings. The van der Waals surface area contributed by atoms with E-state index in [2.05, 4.69) is 46.2 Å². The highest BCUT2D eigenvalue weighted by molar-refractivity contribution is 5.79. The highest BCUT2D eigenvalue weighted by atomic mass is 16.5. The molecule has 27 heavy (non-hydrogen) atoms. The molecule has 0 aromatic heterocycles. The zero-order valence-electron chi connectivity index (χ0n) is 18.2. The molecule has 2 rings (SSSR count). The van der Waals surface area contributed by atoms with Crippen molar-refractivity contribution < 1.29 is 4.74 Å². The van der Waals surface area contributed by atoms with Gasteiger partial charge >= 0.3 is 0 Å². The second kappa shape index (κ2) is 12.6. The van der Waals surface area contributed by atoms with E-state index in [9.17, 15) is 0 Å². The highest BCUT2D eigenvalue weighted by Gasteiger charge is 2.23. The van der Waals surface area contributed by atoms with Gasteiger partial charge in [-0.05, 0) is 37.8 Å². The van der Waals surface area contributed by atoms with Gasteiger partial charge in [-0.25, -0.2) is 0 Å².